The third kappa shape index (κ3) is 7.92. The summed E-state index contributed by atoms with van der Waals surface area (Å²) in [5.41, 5.74) is 1.85. The zero-order chi connectivity index (χ0) is 36.1. The first kappa shape index (κ1) is 35.6. The van der Waals surface area contributed by atoms with Crippen LogP contribution in [0.1, 0.15) is 33.2 Å². The van der Waals surface area contributed by atoms with Crippen molar-refractivity contribution in [3.8, 4) is 35.1 Å². The van der Waals surface area contributed by atoms with E-state index in [1.165, 1.54) is 35.2 Å². The Morgan fingerprint density at radius 1 is 0.980 bits per heavy atom. The molecule has 13 heteroatoms. The number of para-hydroxylation sites is 1. The van der Waals surface area contributed by atoms with Crippen LogP contribution in [0.15, 0.2) is 101 Å². The van der Waals surface area contributed by atoms with Crippen LogP contribution >= 0.6 is 23.4 Å². The molecule has 0 radical (unpaired) electrons. The van der Waals surface area contributed by atoms with E-state index in [2.05, 4.69) is 15.2 Å². The van der Waals surface area contributed by atoms with Gasteiger partial charge in [-0.05, 0) is 42.9 Å². The second-order valence-electron chi connectivity index (χ2n) is 11.7. The molecule has 4 aromatic carbocycles. The number of halogens is 3. The summed E-state index contributed by atoms with van der Waals surface area (Å²) in [4.78, 5) is 20.4. The minimum absolute atomic E-state index is 0.0340. The molecule has 1 unspecified atom stereocenters. The fraction of sp³-hybridized carbons (Fsp3) is 0.184. The van der Waals surface area contributed by atoms with Crippen LogP contribution in [0.5, 0.6) is 29.0 Å². The van der Waals surface area contributed by atoms with E-state index in [-0.39, 0.29) is 51.1 Å². The van der Waals surface area contributed by atoms with E-state index in [0.29, 0.717) is 17.3 Å². The van der Waals surface area contributed by atoms with Crippen molar-refractivity contribution in [2.45, 2.75) is 22.6 Å². The van der Waals surface area contributed by atoms with E-state index in [9.17, 15) is 10.1 Å². The number of hydrogen-bond donors (Lipinski definition) is 1. The normalized spacial score (nSPS) is 14.2. The topological polar surface area (TPSA) is 100.0 Å². The van der Waals surface area contributed by atoms with Gasteiger partial charge in [0, 0.05) is 43.7 Å². The molecule has 1 fully saturated rings. The maximum Gasteiger partial charge on any atom is 0.260 e. The predicted molar refractivity (Wildman–Crippen MR) is 190 cm³/mol. The molecule has 0 bridgehead atoms. The lowest BCUT2D eigenvalue weighted by Crippen LogP contribution is -2.24. The summed E-state index contributed by atoms with van der Waals surface area (Å²) in [6.07, 6.45) is -0.224. The number of nitrogens with zero attached hydrogens (tertiary/aromatic N) is 4. The van der Waals surface area contributed by atoms with E-state index >= 15 is 8.78 Å². The number of pyridine rings is 1. The van der Waals surface area contributed by atoms with Gasteiger partial charge in [0.25, 0.3) is 17.7 Å². The molecule has 9 nitrogen and oxygen atoms in total. The smallest absolute Gasteiger partial charge is 0.260 e. The maximum atomic E-state index is 16.6. The highest BCUT2D eigenvalue weighted by molar-refractivity contribution is 7.99. The first-order valence-electron chi connectivity index (χ1n) is 15.8. The highest BCUT2D eigenvalue weighted by Gasteiger charge is 2.30. The Morgan fingerprint density at radius 3 is 2.37 bits per heavy atom. The number of benzene rings is 4. The van der Waals surface area contributed by atoms with Gasteiger partial charge in [-0.2, -0.15) is 19.0 Å². The standard InChI is InChI=1S/C38H32ClF2N5O4S/c1-45(2)38(47)31-26(39)13-9-15-30(31)51-34-32(40)36(49-27-14-8-7-12-25(27)35-43-18-19-46(35)3)44-37(33(34)41)50-29-20-24(21-42)16-17-28(29)48-22-23-10-5-4-6-11-23/h4-17,20,35,43H,18-19,22H2,1-3H3. The average molecular weight is 728 g/mol. The summed E-state index contributed by atoms with van der Waals surface area (Å²) < 4.78 is 51.4. The maximum absolute atomic E-state index is 16.6. The Kier molecular flexibility index (Phi) is 11.0. The molecule has 0 saturated carbocycles. The second kappa shape index (κ2) is 15.8. The van der Waals surface area contributed by atoms with E-state index in [0.717, 1.165) is 18.7 Å². The number of hydrogen-bond acceptors (Lipinski definition) is 9. The van der Waals surface area contributed by atoms with Gasteiger partial charge in [-0.1, -0.05) is 78.0 Å². The minimum atomic E-state index is -1.17. The summed E-state index contributed by atoms with van der Waals surface area (Å²) in [6, 6.07) is 27.5. The van der Waals surface area contributed by atoms with Crippen molar-refractivity contribution in [1.29, 1.82) is 5.26 Å². The van der Waals surface area contributed by atoms with Crippen LogP contribution in [-0.4, -0.2) is 54.9 Å². The first-order chi connectivity index (χ1) is 24.6. The highest BCUT2D eigenvalue weighted by atomic mass is 35.5. The van der Waals surface area contributed by atoms with Gasteiger partial charge in [0.05, 0.1) is 33.3 Å². The van der Waals surface area contributed by atoms with Crippen molar-refractivity contribution in [3.05, 3.63) is 130 Å². The number of rotatable bonds is 11. The van der Waals surface area contributed by atoms with Crippen LogP contribution in [0, 0.1) is 23.0 Å². The lowest BCUT2D eigenvalue weighted by atomic mass is 10.1. The van der Waals surface area contributed by atoms with Gasteiger partial charge in [-0.15, -0.1) is 0 Å². The fourth-order valence-electron chi connectivity index (χ4n) is 5.37. The molecule has 1 saturated heterocycles. The fourth-order valence-corrected chi connectivity index (χ4v) is 6.70. The van der Waals surface area contributed by atoms with Crippen LogP contribution in [0.2, 0.25) is 5.02 Å². The number of carbonyl (C=O) groups excluding carboxylic acids is 1. The van der Waals surface area contributed by atoms with Gasteiger partial charge < -0.3 is 19.1 Å². The van der Waals surface area contributed by atoms with Gasteiger partial charge >= 0.3 is 0 Å². The first-order valence-corrected chi connectivity index (χ1v) is 17.0. The van der Waals surface area contributed by atoms with Crippen molar-refractivity contribution in [1.82, 2.24) is 20.1 Å². The van der Waals surface area contributed by atoms with Crippen LogP contribution in [0.25, 0.3) is 0 Å². The molecule has 0 spiro atoms. The highest BCUT2D eigenvalue weighted by Crippen LogP contribution is 2.44. The lowest BCUT2D eigenvalue weighted by molar-refractivity contribution is 0.0824. The summed E-state index contributed by atoms with van der Waals surface area (Å²) in [6.45, 7) is 1.67. The van der Waals surface area contributed by atoms with E-state index in [1.54, 1.807) is 32.3 Å². The zero-order valence-corrected chi connectivity index (χ0v) is 29.4. The number of nitriles is 1. The number of nitrogens with one attached hydrogen (secondary N) is 1. The van der Waals surface area contributed by atoms with Crippen LogP contribution in [0.3, 0.4) is 0 Å². The Balaban J connectivity index is 1.46. The van der Waals surface area contributed by atoms with Gasteiger partial charge in [0.1, 0.15) is 12.4 Å². The molecule has 0 aliphatic carbocycles. The molecule has 1 amide bonds. The van der Waals surface area contributed by atoms with Crippen molar-refractivity contribution >= 4 is 29.3 Å². The predicted octanol–water partition coefficient (Wildman–Crippen LogP) is 8.44. The molecule has 5 aromatic rings. The average Bonchev–Trinajstić information content (AvgIpc) is 3.57. The van der Waals surface area contributed by atoms with E-state index in [1.807, 2.05) is 55.6 Å². The van der Waals surface area contributed by atoms with Crippen molar-refractivity contribution in [3.63, 3.8) is 0 Å². The quantitative estimate of drug-likeness (QED) is 0.144. The van der Waals surface area contributed by atoms with E-state index in [4.69, 9.17) is 25.8 Å². The zero-order valence-electron chi connectivity index (χ0n) is 27.8. The molecule has 1 aliphatic heterocycles. The Bertz CT molecular complexity index is 2120. The Hall–Kier alpha value is -5.19. The van der Waals surface area contributed by atoms with Crippen molar-refractivity contribution < 1.29 is 27.8 Å². The molecule has 1 atom stereocenters. The summed E-state index contributed by atoms with van der Waals surface area (Å²) >= 11 is 7.08. The number of likely N-dealkylation sites (N-methyl/N-ethyl adjacent to an activating group) is 1. The molecule has 6 rings (SSSR count). The molecular formula is C38H32ClF2N5O4S. The lowest BCUT2D eigenvalue weighted by Gasteiger charge is -2.22. The second-order valence-corrected chi connectivity index (χ2v) is 13.2. The number of amides is 1. The Labute approximate surface area is 303 Å². The molecule has 1 aromatic heterocycles. The van der Waals surface area contributed by atoms with E-state index < -0.39 is 34.2 Å². The molecule has 1 aliphatic rings. The largest absolute Gasteiger partial charge is 0.485 e. The van der Waals surface area contributed by atoms with Gasteiger partial charge in [0.15, 0.2) is 11.5 Å². The monoisotopic (exact) mass is 727 g/mol. The summed E-state index contributed by atoms with van der Waals surface area (Å²) in [7, 11) is 5.04. The minimum Gasteiger partial charge on any atom is -0.485 e. The molecule has 260 valence electrons. The van der Waals surface area contributed by atoms with Crippen LogP contribution in [-0.2, 0) is 6.61 Å². The van der Waals surface area contributed by atoms with Crippen molar-refractivity contribution in [2.75, 3.05) is 34.2 Å². The molecule has 2 heterocycles. The van der Waals surface area contributed by atoms with Gasteiger partial charge in [-0.25, -0.2) is 0 Å². The SMILES string of the molecule is CN(C)C(=O)c1c(Cl)cccc1Sc1c(F)c(Oc2cc(C#N)ccc2OCc2ccccc2)nc(Oc2ccccc2C2NCCN2C)c1F. The molecule has 51 heavy (non-hydrogen) atoms. The summed E-state index contributed by atoms with van der Waals surface area (Å²) in [5, 5.41) is 13.1. The number of ether oxygens (including phenoxy) is 3. The molecule has 1 N–H and O–H groups in total. The Morgan fingerprint density at radius 2 is 1.69 bits per heavy atom. The third-order valence-corrected chi connectivity index (χ3v) is 9.40. The summed E-state index contributed by atoms with van der Waals surface area (Å²) in [5.74, 6) is -3.54. The molecular weight excluding hydrogens is 696 g/mol. The van der Waals surface area contributed by atoms with Crippen LogP contribution < -0.4 is 19.5 Å². The number of aromatic nitrogens is 1. The van der Waals surface area contributed by atoms with Gasteiger partial charge in [0.2, 0.25) is 11.6 Å². The third-order valence-electron chi connectivity index (χ3n) is 7.96. The van der Waals surface area contributed by atoms with Gasteiger partial charge in [-0.3, -0.25) is 15.0 Å². The number of carbonyl (C=O) groups is 1. The van der Waals surface area contributed by atoms with Crippen molar-refractivity contribution in [2.24, 2.45) is 0 Å². The van der Waals surface area contributed by atoms with Crippen LogP contribution in [0.4, 0.5) is 8.78 Å².